The van der Waals surface area contributed by atoms with Crippen LogP contribution in [-0.2, 0) is 6.42 Å². The molecule has 0 saturated heterocycles. The summed E-state index contributed by atoms with van der Waals surface area (Å²) < 4.78 is 1.06. The summed E-state index contributed by atoms with van der Waals surface area (Å²) in [4.78, 5) is 12.1. The zero-order chi connectivity index (χ0) is 13.0. The Bertz CT molecular complexity index is 566. The number of halogens is 1. The maximum Gasteiger partial charge on any atom is 0.255 e. The fourth-order valence-electron chi connectivity index (χ4n) is 1.70. The van der Waals surface area contributed by atoms with E-state index >= 15 is 0 Å². The minimum Gasteiger partial charge on any atom is -0.322 e. The summed E-state index contributed by atoms with van der Waals surface area (Å²) >= 11 is 2.20. The van der Waals surface area contributed by atoms with Gasteiger partial charge in [-0.2, -0.15) is 0 Å². The van der Waals surface area contributed by atoms with Crippen LogP contribution in [0.15, 0.2) is 48.5 Å². The number of hydrogen-bond acceptors (Lipinski definition) is 1. The zero-order valence-electron chi connectivity index (χ0n) is 10.1. The van der Waals surface area contributed by atoms with Gasteiger partial charge in [-0.05, 0) is 64.9 Å². The molecular weight excluding hydrogens is 337 g/mol. The molecule has 0 fully saturated rings. The van der Waals surface area contributed by atoms with E-state index in [1.807, 2.05) is 42.5 Å². The van der Waals surface area contributed by atoms with E-state index in [0.717, 1.165) is 15.7 Å². The molecule has 0 radical (unpaired) electrons. The van der Waals surface area contributed by atoms with Gasteiger partial charge < -0.3 is 5.32 Å². The second-order valence-corrected chi connectivity index (χ2v) is 5.26. The SMILES string of the molecule is CCc1cccc(NC(=O)c2cccc(I)c2)c1. The summed E-state index contributed by atoms with van der Waals surface area (Å²) in [6, 6.07) is 15.5. The van der Waals surface area contributed by atoms with E-state index < -0.39 is 0 Å². The van der Waals surface area contributed by atoms with Gasteiger partial charge in [0.25, 0.3) is 5.91 Å². The van der Waals surface area contributed by atoms with Gasteiger partial charge in [0.2, 0.25) is 0 Å². The zero-order valence-corrected chi connectivity index (χ0v) is 12.3. The smallest absolute Gasteiger partial charge is 0.255 e. The Labute approximate surface area is 121 Å². The number of carbonyl (C=O) groups is 1. The highest BCUT2D eigenvalue weighted by Crippen LogP contribution is 2.14. The summed E-state index contributed by atoms with van der Waals surface area (Å²) in [5.74, 6) is -0.0678. The van der Waals surface area contributed by atoms with Gasteiger partial charge in [0.1, 0.15) is 0 Å². The number of nitrogens with one attached hydrogen (secondary N) is 1. The predicted molar refractivity (Wildman–Crippen MR) is 82.9 cm³/mol. The van der Waals surface area contributed by atoms with E-state index in [1.165, 1.54) is 5.56 Å². The minimum absolute atomic E-state index is 0.0678. The van der Waals surface area contributed by atoms with Crippen LogP contribution in [0.5, 0.6) is 0 Å². The van der Waals surface area contributed by atoms with E-state index in [4.69, 9.17) is 0 Å². The molecule has 2 rings (SSSR count). The van der Waals surface area contributed by atoms with Gasteiger partial charge in [-0.15, -0.1) is 0 Å². The van der Waals surface area contributed by atoms with Gasteiger partial charge in [0, 0.05) is 14.8 Å². The first kappa shape index (κ1) is 13.1. The summed E-state index contributed by atoms with van der Waals surface area (Å²) in [7, 11) is 0. The van der Waals surface area contributed by atoms with Crippen LogP contribution >= 0.6 is 22.6 Å². The molecule has 0 aliphatic carbocycles. The summed E-state index contributed by atoms with van der Waals surface area (Å²) in [6.07, 6.45) is 0.965. The highest BCUT2D eigenvalue weighted by molar-refractivity contribution is 14.1. The topological polar surface area (TPSA) is 29.1 Å². The van der Waals surface area contributed by atoms with Gasteiger partial charge in [0.05, 0.1) is 0 Å². The fourth-order valence-corrected chi connectivity index (χ4v) is 2.25. The fraction of sp³-hybridized carbons (Fsp3) is 0.133. The largest absolute Gasteiger partial charge is 0.322 e. The molecule has 92 valence electrons. The van der Waals surface area contributed by atoms with Crippen molar-refractivity contribution in [1.82, 2.24) is 0 Å². The number of amides is 1. The van der Waals surface area contributed by atoms with Crippen LogP contribution in [0.3, 0.4) is 0 Å². The standard InChI is InChI=1S/C15H14INO/c1-2-11-5-3-8-14(9-11)17-15(18)12-6-4-7-13(16)10-12/h3-10H,2H2,1H3,(H,17,18). The van der Waals surface area contributed by atoms with Crippen LogP contribution in [0, 0.1) is 3.57 Å². The molecule has 0 aromatic heterocycles. The van der Waals surface area contributed by atoms with Gasteiger partial charge in [0.15, 0.2) is 0 Å². The molecule has 0 heterocycles. The van der Waals surface area contributed by atoms with Crippen LogP contribution in [0.25, 0.3) is 0 Å². The quantitative estimate of drug-likeness (QED) is 0.829. The first-order valence-corrected chi connectivity index (χ1v) is 6.93. The molecule has 18 heavy (non-hydrogen) atoms. The summed E-state index contributed by atoms with van der Waals surface area (Å²) in [6.45, 7) is 2.10. The van der Waals surface area contributed by atoms with Crippen LogP contribution in [0.4, 0.5) is 5.69 Å². The van der Waals surface area contributed by atoms with Crippen LogP contribution in [0.1, 0.15) is 22.8 Å². The normalized spacial score (nSPS) is 10.1. The van der Waals surface area contributed by atoms with Crippen LogP contribution < -0.4 is 5.32 Å². The van der Waals surface area contributed by atoms with Gasteiger partial charge in [-0.25, -0.2) is 0 Å². The predicted octanol–water partition coefficient (Wildman–Crippen LogP) is 4.11. The third-order valence-corrected chi connectivity index (χ3v) is 3.35. The molecule has 0 aliphatic rings. The Balaban J connectivity index is 2.16. The Morgan fingerprint density at radius 2 is 1.94 bits per heavy atom. The van der Waals surface area contributed by atoms with Crippen molar-refractivity contribution in [2.75, 3.05) is 5.32 Å². The van der Waals surface area contributed by atoms with E-state index in [9.17, 15) is 4.79 Å². The molecule has 0 unspecified atom stereocenters. The van der Waals surface area contributed by atoms with Crippen molar-refractivity contribution in [3.05, 3.63) is 63.2 Å². The average Bonchev–Trinajstić information content (AvgIpc) is 2.39. The second-order valence-electron chi connectivity index (χ2n) is 4.02. The van der Waals surface area contributed by atoms with Crippen molar-refractivity contribution in [2.45, 2.75) is 13.3 Å². The molecule has 0 bridgehead atoms. The first-order chi connectivity index (χ1) is 8.69. The Morgan fingerprint density at radius 3 is 2.67 bits per heavy atom. The molecule has 2 aromatic carbocycles. The van der Waals surface area contributed by atoms with Crippen LogP contribution in [0.2, 0.25) is 0 Å². The third kappa shape index (κ3) is 3.32. The van der Waals surface area contributed by atoms with E-state index in [-0.39, 0.29) is 5.91 Å². The van der Waals surface area contributed by atoms with Crippen molar-refractivity contribution in [3.8, 4) is 0 Å². The van der Waals surface area contributed by atoms with Gasteiger partial charge >= 0.3 is 0 Å². The number of benzene rings is 2. The van der Waals surface area contributed by atoms with Crippen LogP contribution in [-0.4, -0.2) is 5.91 Å². The Morgan fingerprint density at radius 1 is 1.17 bits per heavy atom. The summed E-state index contributed by atoms with van der Waals surface area (Å²) in [5.41, 5.74) is 2.75. The molecule has 2 aromatic rings. The lowest BCUT2D eigenvalue weighted by molar-refractivity contribution is 0.102. The second kappa shape index (κ2) is 6.00. The molecule has 1 N–H and O–H groups in total. The lowest BCUT2D eigenvalue weighted by atomic mass is 10.1. The lowest BCUT2D eigenvalue weighted by Crippen LogP contribution is -2.12. The maximum atomic E-state index is 12.1. The highest BCUT2D eigenvalue weighted by atomic mass is 127. The minimum atomic E-state index is -0.0678. The van der Waals surface area contributed by atoms with Gasteiger partial charge in [-0.3, -0.25) is 4.79 Å². The van der Waals surface area contributed by atoms with Gasteiger partial charge in [-0.1, -0.05) is 25.1 Å². The molecule has 0 saturated carbocycles. The molecule has 0 spiro atoms. The van der Waals surface area contributed by atoms with E-state index in [0.29, 0.717) is 5.56 Å². The monoisotopic (exact) mass is 351 g/mol. The van der Waals surface area contributed by atoms with E-state index in [1.54, 1.807) is 0 Å². The average molecular weight is 351 g/mol. The molecular formula is C15H14INO. The number of hydrogen-bond donors (Lipinski definition) is 1. The third-order valence-electron chi connectivity index (χ3n) is 2.68. The first-order valence-electron chi connectivity index (χ1n) is 5.85. The lowest BCUT2D eigenvalue weighted by Gasteiger charge is -2.07. The molecule has 1 amide bonds. The molecule has 3 heteroatoms. The Hall–Kier alpha value is -1.36. The Kier molecular flexibility index (Phi) is 4.36. The number of carbonyl (C=O) groups excluding carboxylic acids is 1. The molecule has 0 aliphatic heterocycles. The number of rotatable bonds is 3. The molecule has 0 atom stereocenters. The molecule has 2 nitrogen and oxygen atoms in total. The maximum absolute atomic E-state index is 12.1. The highest BCUT2D eigenvalue weighted by Gasteiger charge is 2.06. The summed E-state index contributed by atoms with van der Waals surface area (Å²) in [5, 5.41) is 2.92. The van der Waals surface area contributed by atoms with Crippen molar-refractivity contribution >= 4 is 34.2 Å². The van der Waals surface area contributed by atoms with Crippen molar-refractivity contribution in [1.29, 1.82) is 0 Å². The van der Waals surface area contributed by atoms with Crippen molar-refractivity contribution in [2.24, 2.45) is 0 Å². The van der Waals surface area contributed by atoms with Crippen molar-refractivity contribution in [3.63, 3.8) is 0 Å². The number of anilines is 1. The van der Waals surface area contributed by atoms with E-state index in [2.05, 4.69) is 40.9 Å². The van der Waals surface area contributed by atoms with Crippen molar-refractivity contribution < 1.29 is 4.79 Å². The number of aryl methyl sites for hydroxylation is 1.